The molecule has 2 aliphatic rings. The third-order valence-electron chi connectivity index (χ3n) is 4.44. The maximum atomic E-state index is 11.8. The van der Waals surface area contributed by atoms with Crippen molar-refractivity contribution in [1.82, 2.24) is 0 Å². The van der Waals surface area contributed by atoms with Gasteiger partial charge in [0, 0.05) is 11.3 Å². The first-order valence-corrected chi connectivity index (χ1v) is 7.23. The molecule has 0 radical (unpaired) electrons. The number of hydrogen-bond donors (Lipinski definition) is 0. The Morgan fingerprint density at radius 2 is 2.10 bits per heavy atom. The molecular weight excluding hydrogens is 264 g/mol. The zero-order valence-electron chi connectivity index (χ0n) is 12.3. The highest BCUT2D eigenvalue weighted by Crippen LogP contribution is 2.49. The Morgan fingerprint density at radius 3 is 2.81 bits per heavy atom. The number of benzene rings is 1. The zero-order valence-corrected chi connectivity index (χ0v) is 12.3. The smallest absolute Gasteiger partial charge is 0.162 e. The summed E-state index contributed by atoms with van der Waals surface area (Å²) in [6, 6.07) is 7.88. The summed E-state index contributed by atoms with van der Waals surface area (Å²) in [5.74, 6) is 1.06. The van der Waals surface area contributed by atoms with Crippen LogP contribution in [0.4, 0.5) is 0 Å². The predicted molar refractivity (Wildman–Crippen MR) is 81.1 cm³/mol. The quantitative estimate of drug-likeness (QED) is 0.778. The van der Waals surface area contributed by atoms with E-state index in [4.69, 9.17) is 9.47 Å². The fraction of sp³-hybridized carbons (Fsp3) is 0.389. The minimum atomic E-state index is -0.0257. The van der Waals surface area contributed by atoms with Gasteiger partial charge in [-0.2, -0.15) is 0 Å². The van der Waals surface area contributed by atoms with Crippen LogP contribution in [-0.2, 0) is 16.1 Å². The number of carbonyl (C=O) groups excluding carboxylic acids is 1. The minimum absolute atomic E-state index is 0.0135. The van der Waals surface area contributed by atoms with Gasteiger partial charge in [-0.05, 0) is 36.6 Å². The maximum absolute atomic E-state index is 11.8. The molecule has 21 heavy (non-hydrogen) atoms. The van der Waals surface area contributed by atoms with Crippen LogP contribution in [0.2, 0.25) is 0 Å². The number of fused-ring (bicyclic) bond motifs is 2. The molecule has 3 nitrogen and oxygen atoms in total. The third kappa shape index (κ3) is 2.79. The van der Waals surface area contributed by atoms with Gasteiger partial charge in [0.25, 0.3) is 0 Å². The van der Waals surface area contributed by atoms with E-state index in [1.165, 1.54) is 0 Å². The molecule has 110 valence electrons. The maximum Gasteiger partial charge on any atom is 0.162 e. The van der Waals surface area contributed by atoms with Gasteiger partial charge in [0.2, 0.25) is 0 Å². The van der Waals surface area contributed by atoms with E-state index in [0.717, 1.165) is 29.7 Å². The molecule has 0 heterocycles. The second-order valence-corrected chi connectivity index (χ2v) is 6.03. The van der Waals surface area contributed by atoms with Crippen molar-refractivity contribution in [3.05, 3.63) is 54.1 Å². The fourth-order valence-electron chi connectivity index (χ4n) is 3.25. The van der Waals surface area contributed by atoms with E-state index in [2.05, 4.69) is 6.58 Å². The van der Waals surface area contributed by atoms with Crippen molar-refractivity contribution >= 4 is 5.78 Å². The number of allylic oxidation sites excluding steroid dienone is 2. The van der Waals surface area contributed by atoms with Crippen LogP contribution in [0.3, 0.4) is 0 Å². The van der Waals surface area contributed by atoms with E-state index >= 15 is 0 Å². The summed E-state index contributed by atoms with van der Waals surface area (Å²) in [5.41, 5.74) is 2.15. The second-order valence-electron chi connectivity index (χ2n) is 6.03. The van der Waals surface area contributed by atoms with Gasteiger partial charge in [-0.1, -0.05) is 30.4 Å². The average Bonchev–Trinajstić information content (AvgIpc) is 2.77. The topological polar surface area (TPSA) is 35.5 Å². The summed E-state index contributed by atoms with van der Waals surface area (Å²) in [7, 11) is 1.66. The van der Waals surface area contributed by atoms with E-state index in [1.54, 1.807) is 13.2 Å². The van der Waals surface area contributed by atoms with Crippen LogP contribution in [0.1, 0.15) is 18.4 Å². The highest BCUT2D eigenvalue weighted by molar-refractivity contribution is 5.95. The van der Waals surface area contributed by atoms with Crippen LogP contribution in [0.25, 0.3) is 0 Å². The van der Waals surface area contributed by atoms with Crippen molar-refractivity contribution in [1.29, 1.82) is 0 Å². The van der Waals surface area contributed by atoms with Crippen molar-refractivity contribution in [2.24, 2.45) is 11.3 Å². The first kappa shape index (κ1) is 14.1. The minimum Gasteiger partial charge on any atom is -0.497 e. The summed E-state index contributed by atoms with van der Waals surface area (Å²) < 4.78 is 11.0. The van der Waals surface area contributed by atoms with E-state index < -0.39 is 0 Å². The Hall–Kier alpha value is -1.87. The Morgan fingerprint density at radius 1 is 1.33 bits per heavy atom. The standard InChI is InChI=1S/C18H20O3/c1-13-9-18(8-7-17(19)16(13)10-18)12-21-11-14-3-5-15(20-2)6-4-14/h3-8,16H,1,9-12H2,2H3/t16-,18+/m1/s1. The summed E-state index contributed by atoms with van der Waals surface area (Å²) in [6.45, 7) is 5.26. The zero-order chi connectivity index (χ0) is 14.9. The monoisotopic (exact) mass is 284 g/mol. The van der Waals surface area contributed by atoms with Crippen LogP contribution in [0.5, 0.6) is 5.75 Å². The van der Waals surface area contributed by atoms with E-state index in [0.29, 0.717) is 13.2 Å². The van der Waals surface area contributed by atoms with Gasteiger partial charge < -0.3 is 9.47 Å². The van der Waals surface area contributed by atoms with Crippen LogP contribution >= 0.6 is 0 Å². The average molecular weight is 284 g/mol. The summed E-state index contributed by atoms with van der Waals surface area (Å²) >= 11 is 0. The van der Waals surface area contributed by atoms with E-state index in [9.17, 15) is 4.79 Å². The molecule has 0 unspecified atom stereocenters. The van der Waals surface area contributed by atoms with Crippen molar-refractivity contribution in [3.8, 4) is 5.75 Å². The van der Waals surface area contributed by atoms with Gasteiger partial charge in [-0.25, -0.2) is 0 Å². The molecule has 2 atom stereocenters. The van der Waals surface area contributed by atoms with Crippen molar-refractivity contribution < 1.29 is 14.3 Å². The molecule has 1 aromatic rings. The van der Waals surface area contributed by atoms with Crippen LogP contribution < -0.4 is 4.74 Å². The van der Waals surface area contributed by atoms with E-state index in [-0.39, 0.29) is 17.1 Å². The number of hydrogen-bond acceptors (Lipinski definition) is 3. The van der Waals surface area contributed by atoms with Gasteiger partial charge in [0.05, 0.1) is 20.3 Å². The van der Waals surface area contributed by atoms with Crippen molar-refractivity contribution in [2.45, 2.75) is 19.4 Å². The third-order valence-corrected chi connectivity index (χ3v) is 4.44. The van der Waals surface area contributed by atoms with Crippen LogP contribution in [0.15, 0.2) is 48.6 Å². The molecule has 0 amide bonds. The largest absolute Gasteiger partial charge is 0.497 e. The van der Waals surface area contributed by atoms with Crippen molar-refractivity contribution in [3.63, 3.8) is 0 Å². The van der Waals surface area contributed by atoms with Gasteiger partial charge in [0.15, 0.2) is 5.78 Å². The molecule has 0 N–H and O–H groups in total. The number of ketones is 1. The summed E-state index contributed by atoms with van der Waals surface area (Å²) in [6.07, 6.45) is 5.45. The Balaban J connectivity index is 1.59. The van der Waals surface area contributed by atoms with Crippen LogP contribution in [-0.4, -0.2) is 19.5 Å². The Kier molecular flexibility index (Phi) is 3.68. The first-order valence-electron chi connectivity index (χ1n) is 7.23. The molecule has 3 heteroatoms. The molecule has 1 saturated carbocycles. The highest BCUT2D eigenvalue weighted by atomic mass is 16.5. The Labute approximate surface area is 125 Å². The number of rotatable bonds is 5. The lowest BCUT2D eigenvalue weighted by Crippen LogP contribution is -2.26. The fourth-order valence-corrected chi connectivity index (χ4v) is 3.25. The van der Waals surface area contributed by atoms with E-state index in [1.807, 2.05) is 30.3 Å². The molecule has 1 fully saturated rings. The molecule has 1 aromatic carbocycles. The lowest BCUT2D eigenvalue weighted by molar-refractivity contribution is -0.118. The summed E-state index contributed by atoms with van der Waals surface area (Å²) in [5, 5.41) is 0. The highest BCUT2D eigenvalue weighted by Gasteiger charge is 2.45. The number of methoxy groups -OCH3 is 1. The molecule has 0 aromatic heterocycles. The lowest BCUT2D eigenvalue weighted by atomic mass is 9.81. The number of carbonyl (C=O) groups is 1. The van der Waals surface area contributed by atoms with Crippen molar-refractivity contribution in [2.75, 3.05) is 13.7 Å². The van der Waals surface area contributed by atoms with Gasteiger partial charge in [0.1, 0.15) is 5.75 Å². The second kappa shape index (κ2) is 5.49. The molecule has 3 rings (SSSR count). The first-order chi connectivity index (χ1) is 10.1. The number of ether oxygens (including phenoxy) is 2. The molecule has 0 aliphatic heterocycles. The normalized spacial score (nSPS) is 27.2. The molecule has 0 spiro atoms. The van der Waals surface area contributed by atoms with Gasteiger partial charge in [-0.15, -0.1) is 0 Å². The van der Waals surface area contributed by atoms with Gasteiger partial charge >= 0.3 is 0 Å². The molecule has 2 aliphatic carbocycles. The summed E-state index contributed by atoms with van der Waals surface area (Å²) in [4.78, 5) is 11.8. The lowest BCUT2D eigenvalue weighted by Gasteiger charge is -2.27. The van der Waals surface area contributed by atoms with Gasteiger partial charge in [-0.3, -0.25) is 4.79 Å². The Bertz CT molecular complexity index is 585. The van der Waals surface area contributed by atoms with Crippen LogP contribution in [0, 0.1) is 11.3 Å². The predicted octanol–water partition coefficient (Wildman–Crippen LogP) is 3.30. The SMILES string of the molecule is C=C1C[C@@]2(COCc3ccc(OC)cc3)C=CC(=O)[C@@H]1C2. The molecular formula is C18H20O3. The molecule has 0 saturated heterocycles. The molecule has 2 bridgehead atoms.